The number of alkyl halides is 1. The molecule has 35 heavy (non-hydrogen) atoms. The lowest BCUT2D eigenvalue weighted by molar-refractivity contribution is 0.0605. The molecule has 0 fully saturated rings. The molecule has 2 heterocycles. The molecule has 0 radical (unpaired) electrons. The van der Waals surface area contributed by atoms with Crippen LogP contribution in [0.1, 0.15) is 30.5 Å². The average Bonchev–Trinajstić information content (AvgIpc) is 3.28. The Morgan fingerprint density at radius 3 is 2.31 bits per heavy atom. The van der Waals surface area contributed by atoms with E-state index in [0.717, 1.165) is 47.1 Å². The summed E-state index contributed by atoms with van der Waals surface area (Å²) in [4.78, 5) is 4.17. The number of aliphatic hydroxyl groups excluding tert-OH is 2. The molecule has 4 rings (SSSR count). The molecule has 7 nitrogen and oxygen atoms in total. The molecule has 0 aliphatic carbocycles. The van der Waals surface area contributed by atoms with Crippen LogP contribution in [0.5, 0.6) is 5.75 Å². The van der Waals surface area contributed by atoms with Gasteiger partial charge in [-0.25, -0.2) is 0 Å². The van der Waals surface area contributed by atoms with Crippen molar-refractivity contribution in [2.45, 2.75) is 38.9 Å². The summed E-state index contributed by atoms with van der Waals surface area (Å²) in [5.41, 5.74) is 4.95. The second-order valence-electron chi connectivity index (χ2n) is 8.52. The maximum Gasteiger partial charge on any atom is 0.148 e. The van der Waals surface area contributed by atoms with Crippen molar-refractivity contribution in [1.29, 1.82) is 5.26 Å². The maximum atomic E-state index is 9.76. The number of nitrogens with zero attached hydrogens (tertiary/aromatic N) is 4. The highest BCUT2D eigenvalue weighted by Gasteiger charge is 2.18. The van der Waals surface area contributed by atoms with Gasteiger partial charge in [-0.15, -0.1) is 10.2 Å². The Kier molecular flexibility index (Phi) is 10.4. The Balaban J connectivity index is 0.00000167. The van der Waals surface area contributed by atoms with Crippen molar-refractivity contribution in [1.82, 2.24) is 15.1 Å². The van der Waals surface area contributed by atoms with Gasteiger partial charge in [0.1, 0.15) is 21.8 Å². The highest BCUT2D eigenvalue weighted by molar-refractivity contribution is 14.1. The van der Waals surface area contributed by atoms with Crippen molar-refractivity contribution in [3.63, 3.8) is 0 Å². The largest absolute Gasteiger partial charge is 0.490 e. The zero-order chi connectivity index (χ0) is 25.4. The molecule has 9 heteroatoms. The van der Waals surface area contributed by atoms with Gasteiger partial charge in [-0.2, -0.15) is 5.26 Å². The summed E-state index contributed by atoms with van der Waals surface area (Å²) in [6, 6.07) is 14.2. The predicted octanol–water partition coefficient (Wildman–Crippen LogP) is 4.34. The number of hydrogen-bond donors (Lipinski definition) is 2. The van der Waals surface area contributed by atoms with Gasteiger partial charge in [-0.1, -0.05) is 46.1 Å². The van der Waals surface area contributed by atoms with E-state index in [2.05, 4.69) is 62.0 Å². The summed E-state index contributed by atoms with van der Waals surface area (Å²) in [5, 5.41) is 38.8. The van der Waals surface area contributed by atoms with Crippen LogP contribution in [-0.4, -0.2) is 68.7 Å². The quantitative estimate of drug-likeness (QED) is 0.305. The number of aliphatic hydroxyl groups is 2. The molecular weight excluding hydrogens is 575 g/mol. The van der Waals surface area contributed by atoms with Crippen LogP contribution in [0.2, 0.25) is 0 Å². The number of β-amino-alcohol motifs (C(OH)–C–C–N with tert-alkyl or cyclic N) is 1. The number of rotatable bonds is 7. The fraction of sp³-hybridized carbons (Fsp3) is 0.423. The van der Waals surface area contributed by atoms with Gasteiger partial charge in [-0.05, 0) is 67.0 Å². The summed E-state index contributed by atoms with van der Waals surface area (Å²) >= 11 is 3.65. The van der Waals surface area contributed by atoms with Crippen LogP contribution in [0, 0.1) is 11.3 Å². The monoisotopic (exact) mass is 606 g/mol. The van der Waals surface area contributed by atoms with Crippen LogP contribution >= 0.6 is 33.9 Å². The third kappa shape index (κ3) is 7.21. The fourth-order valence-electron chi connectivity index (χ4n) is 4.01. The van der Waals surface area contributed by atoms with Gasteiger partial charge in [0.15, 0.2) is 0 Å². The van der Waals surface area contributed by atoms with Gasteiger partial charge in [0.05, 0.1) is 24.4 Å². The number of nitriles is 1. The molecular formula is C26H31IN4O3S. The van der Waals surface area contributed by atoms with Crippen LogP contribution in [0.15, 0.2) is 36.4 Å². The summed E-state index contributed by atoms with van der Waals surface area (Å²) in [5.74, 6) is 0.576. The van der Waals surface area contributed by atoms with E-state index in [0.29, 0.717) is 17.9 Å². The first-order chi connectivity index (χ1) is 17.0. The number of ether oxygens (including phenoxy) is 1. The number of halogens is 1. The van der Waals surface area contributed by atoms with Crippen LogP contribution in [-0.2, 0) is 12.8 Å². The molecule has 3 aromatic rings. The summed E-state index contributed by atoms with van der Waals surface area (Å²) < 4.78 is 5.71. The molecule has 186 valence electrons. The molecule has 0 bridgehead atoms. The molecule has 0 amide bonds. The van der Waals surface area contributed by atoms with Gasteiger partial charge >= 0.3 is 0 Å². The highest BCUT2D eigenvalue weighted by Crippen LogP contribution is 2.33. The van der Waals surface area contributed by atoms with Crippen LogP contribution in [0.4, 0.5) is 0 Å². The molecule has 1 atom stereocenters. The van der Waals surface area contributed by atoms with Crippen molar-refractivity contribution in [3.05, 3.63) is 53.1 Å². The zero-order valence-electron chi connectivity index (χ0n) is 20.2. The molecule has 2 N–H and O–H groups in total. The molecule has 0 unspecified atom stereocenters. The van der Waals surface area contributed by atoms with Crippen molar-refractivity contribution in [2.75, 3.05) is 31.2 Å². The van der Waals surface area contributed by atoms with E-state index in [9.17, 15) is 10.4 Å². The second kappa shape index (κ2) is 13.3. The normalized spacial score (nSPS) is 14.3. The van der Waals surface area contributed by atoms with E-state index < -0.39 is 6.10 Å². The second-order valence-corrected chi connectivity index (χ2v) is 9.50. The van der Waals surface area contributed by atoms with Gasteiger partial charge in [0.25, 0.3) is 0 Å². The highest BCUT2D eigenvalue weighted by atomic mass is 127. The van der Waals surface area contributed by atoms with E-state index in [1.165, 1.54) is 22.5 Å². The van der Waals surface area contributed by atoms with Crippen molar-refractivity contribution >= 4 is 33.9 Å². The molecule has 2 aromatic carbocycles. The van der Waals surface area contributed by atoms with E-state index in [1.807, 2.05) is 30.9 Å². The molecule has 1 aliphatic rings. The SMILES string of the molecule is CC(C)Oc1ccc(-c2nnc(-c3ccc4c(c3)CCN(C[C@H](O)CO)CC4)s2)cc1C#N.CI. The Hall–Kier alpha value is -2.10. The number of aromatic nitrogens is 2. The third-order valence-electron chi connectivity index (χ3n) is 5.66. The Bertz CT molecular complexity index is 1160. The van der Waals surface area contributed by atoms with Gasteiger partial charge < -0.3 is 19.8 Å². The van der Waals surface area contributed by atoms with E-state index in [4.69, 9.17) is 9.84 Å². The number of benzene rings is 2. The van der Waals surface area contributed by atoms with Gasteiger partial charge in [0.2, 0.25) is 0 Å². The fourth-order valence-corrected chi connectivity index (χ4v) is 4.84. The minimum absolute atomic E-state index is 0.00360. The van der Waals surface area contributed by atoms with Crippen molar-refractivity contribution < 1.29 is 14.9 Å². The minimum atomic E-state index is -0.700. The molecule has 0 saturated heterocycles. The summed E-state index contributed by atoms with van der Waals surface area (Å²) in [7, 11) is 0. The maximum absolute atomic E-state index is 9.76. The lowest BCUT2D eigenvalue weighted by Crippen LogP contribution is -2.35. The lowest BCUT2D eigenvalue weighted by atomic mass is 10.0. The first kappa shape index (κ1) is 27.5. The minimum Gasteiger partial charge on any atom is -0.490 e. The zero-order valence-corrected chi connectivity index (χ0v) is 23.2. The Morgan fingerprint density at radius 1 is 1.06 bits per heavy atom. The Morgan fingerprint density at radius 2 is 1.69 bits per heavy atom. The van der Waals surface area contributed by atoms with Crippen LogP contribution in [0.3, 0.4) is 0 Å². The predicted molar refractivity (Wildman–Crippen MR) is 148 cm³/mol. The molecule has 0 spiro atoms. The molecule has 1 aromatic heterocycles. The molecule has 0 saturated carbocycles. The smallest absolute Gasteiger partial charge is 0.148 e. The number of hydrogen-bond acceptors (Lipinski definition) is 8. The third-order valence-corrected chi connectivity index (χ3v) is 6.68. The standard InChI is InChI=1S/C25H28N4O3S.CH3I/c1-16(2)32-23-6-5-20(12-21(23)13-26)25-28-27-24(33-25)19-4-3-17-7-9-29(14-22(31)15-30)10-8-18(17)11-19;1-2/h3-6,11-12,16,22,30-31H,7-10,14-15H2,1-2H3;1H3/t22-;/m0./s1. The summed E-state index contributed by atoms with van der Waals surface area (Å²) in [6.45, 7) is 5.85. The first-order valence-electron chi connectivity index (χ1n) is 11.5. The Labute approximate surface area is 224 Å². The van der Waals surface area contributed by atoms with Crippen LogP contribution in [0.25, 0.3) is 21.1 Å². The van der Waals surface area contributed by atoms with E-state index >= 15 is 0 Å². The topological polar surface area (TPSA) is 102 Å². The van der Waals surface area contributed by atoms with Crippen molar-refractivity contribution in [2.24, 2.45) is 0 Å². The lowest BCUT2D eigenvalue weighted by Gasteiger charge is -2.21. The van der Waals surface area contributed by atoms with Gasteiger partial charge in [0, 0.05) is 30.8 Å². The number of fused-ring (bicyclic) bond motifs is 1. The van der Waals surface area contributed by atoms with Gasteiger partial charge in [-0.3, -0.25) is 0 Å². The van der Waals surface area contributed by atoms with Crippen LogP contribution < -0.4 is 4.74 Å². The first-order valence-corrected chi connectivity index (χ1v) is 14.5. The molecule has 1 aliphatic heterocycles. The van der Waals surface area contributed by atoms with E-state index in [1.54, 1.807) is 6.07 Å². The van der Waals surface area contributed by atoms with Crippen molar-refractivity contribution in [3.8, 4) is 33.0 Å². The summed E-state index contributed by atoms with van der Waals surface area (Å²) in [6.07, 6.45) is 1.09. The van der Waals surface area contributed by atoms with E-state index in [-0.39, 0.29) is 12.7 Å². The average molecular weight is 607 g/mol.